The minimum atomic E-state index is -3.59. The van der Waals surface area contributed by atoms with E-state index in [9.17, 15) is 8.42 Å². The Kier molecular flexibility index (Phi) is 5.86. The van der Waals surface area contributed by atoms with E-state index in [0.29, 0.717) is 12.2 Å². The first-order chi connectivity index (χ1) is 9.59. The lowest BCUT2D eigenvalue weighted by molar-refractivity contribution is -0.00515. The number of nitrogens with two attached hydrogens (primary N) is 1. The van der Waals surface area contributed by atoms with Gasteiger partial charge in [0.1, 0.15) is 4.99 Å². The molecule has 0 heterocycles. The Morgan fingerprint density at radius 3 is 2.52 bits per heavy atom. The van der Waals surface area contributed by atoms with Crippen molar-refractivity contribution in [2.24, 2.45) is 5.73 Å². The van der Waals surface area contributed by atoms with Gasteiger partial charge in [-0.3, -0.25) is 0 Å². The molecule has 5 nitrogen and oxygen atoms in total. The number of thiocarbonyl (C=S) groups is 1. The van der Waals surface area contributed by atoms with Crippen LogP contribution in [-0.2, 0) is 14.8 Å². The number of hydrogen-bond donors (Lipinski definition) is 2. The fourth-order valence-electron chi connectivity index (χ4n) is 1.87. The molecule has 0 atom stereocenters. The summed E-state index contributed by atoms with van der Waals surface area (Å²) in [6.07, 6.45) is 0. The van der Waals surface area contributed by atoms with E-state index < -0.39 is 15.6 Å². The minimum absolute atomic E-state index is 0.187. The summed E-state index contributed by atoms with van der Waals surface area (Å²) in [5.74, 6) is 0. The predicted molar refractivity (Wildman–Crippen MR) is 88.0 cm³/mol. The highest BCUT2D eigenvalue weighted by Crippen LogP contribution is 2.16. The Hall–Kier alpha value is -1.02. The van der Waals surface area contributed by atoms with Crippen molar-refractivity contribution in [2.45, 2.75) is 38.2 Å². The summed E-state index contributed by atoms with van der Waals surface area (Å²) in [6.45, 7) is 8.03. The lowest BCUT2D eigenvalue weighted by Gasteiger charge is -2.24. The van der Waals surface area contributed by atoms with Crippen LogP contribution in [0, 0.1) is 6.92 Å². The van der Waals surface area contributed by atoms with Crippen molar-refractivity contribution >= 4 is 27.2 Å². The van der Waals surface area contributed by atoms with Gasteiger partial charge >= 0.3 is 0 Å². The van der Waals surface area contributed by atoms with Gasteiger partial charge in [-0.1, -0.05) is 18.3 Å². The number of ether oxygens (including phenoxy) is 1. The molecule has 0 aromatic heterocycles. The van der Waals surface area contributed by atoms with Gasteiger partial charge in [0.25, 0.3) is 0 Å². The fraction of sp³-hybridized carbons (Fsp3) is 0.500. The molecular weight excluding hydrogens is 308 g/mol. The van der Waals surface area contributed by atoms with Crippen LogP contribution in [-0.4, -0.2) is 32.2 Å². The maximum absolute atomic E-state index is 12.3. The smallest absolute Gasteiger partial charge is 0.240 e. The first-order valence-corrected chi connectivity index (χ1v) is 8.52. The second kappa shape index (κ2) is 6.83. The lowest BCUT2D eigenvalue weighted by Crippen LogP contribution is -2.40. The number of benzene rings is 1. The average molecular weight is 330 g/mol. The van der Waals surface area contributed by atoms with E-state index in [1.54, 1.807) is 19.1 Å². The van der Waals surface area contributed by atoms with Crippen LogP contribution in [0.25, 0.3) is 0 Å². The summed E-state index contributed by atoms with van der Waals surface area (Å²) in [4.78, 5) is 0.439. The van der Waals surface area contributed by atoms with Crippen LogP contribution in [0.15, 0.2) is 23.1 Å². The molecule has 7 heteroatoms. The third-order valence-electron chi connectivity index (χ3n) is 3.00. The van der Waals surface area contributed by atoms with Crippen molar-refractivity contribution in [3.05, 3.63) is 29.3 Å². The molecule has 0 fully saturated rings. The topological polar surface area (TPSA) is 81.4 Å². The van der Waals surface area contributed by atoms with Crippen LogP contribution in [0.4, 0.5) is 0 Å². The molecule has 0 radical (unpaired) electrons. The molecule has 0 aliphatic rings. The van der Waals surface area contributed by atoms with Gasteiger partial charge in [-0.2, -0.15) is 0 Å². The predicted octanol–water partition coefficient (Wildman–Crippen LogP) is 1.72. The zero-order chi connectivity index (χ0) is 16.3. The zero-order valence-corrected chi connectivity index (χ0v) is 14.4. The molecule has 0 saturated heterocycles. The maximum Gasteiger partial charge on any atom is 0.240 e. The van der Waals surface area contributed by atoms with E-state index in [0.717, 1.165) is 5.56 Å². The number of hydrogen-bond acceptors (Lipinski definition) is 4. The van der Waals surface area contributed by atoms with E-state index in [2.05, 4.69) is 4.72 Å². The van der Waals surface area contributed by atoms with Crippen molar-refractivity contribution in [1.82, 2.24) is 4.72 Å². The van der Waals surface area contributed by atoms with Gasteiger partial charge in [-0.05, 0) is 45.4 Å². The van der Waals surface area contributed by atoms with Gasteiger partial charge in [0.15, 0.2) is 0 Å². The Balaban J connectivity index is 2.94. The number of aryl methyl sites for hydroxylation is 1. The van der Waals surface area contributed by atoms with E-state index >= 15 is 0 Å². The van der Waals surface area contributed by atoms with E-state index in [4.69, 9.17) is 22.7 Å². The Bertz CT molecular complexity index is 625. The van der Waals surface area contributed by atoms with Crippen LogP contribution in [0.2, 0.25) is 0 Å². The summed E-state index contributed by atoms with van der Waals surface area (Å²) >= 11 is 4.91. The van der Waals surface area contributed by atoms with E-state index in [1.807, 2.05) is 20.8 Å². The largest absolute Gasteiger partial charge is 0.389 e. The molecule has 0 saturated carbocycles. The molecule has 0 amide bonds. The van der Waals surface area contributed by atoms with Crippen molar-refractivity contribution in [3.8, 4) is 0 Å². The van der Waals surface area contributed by atoms with Gasteiger partial charge in [0.2, 0.25) is 10.0 Å². The second-order valence-electron chi connectivity index (χ2n) is 5.36. The van der Waals surface area contributed by atoms with Gasteiger partial charge < -0.3 is 10.5 Å². The first-order valence-electron chi connectivity index (χ1n) is 6.63. The molecular formula is C14H22N2O3S2. The normalized spacial score (nSPS) is 12.4. The fourth-order valence-corrected chi connectivity index (χ4v) is 3.39. The summed E-state index contributed by atoms with van der Waals surface area (Å²) in [6, 6.07) is 4.68. The van der Waals surface area contributed by atoms with Crippen LogP contribution in [0.1, 0.15) is 31.9 Å². The lowest BCUT2D eigenvalue weighted by atomic mass is 10.1. The van der Waals surface area contributed by atoms with Crippen molar-refractivity contribution in [2.75, 3.05) is 13.2 Å². The standard InChI is InChI=1S/C14H22N2O3S2/c1-5-19-14(3,4)9-16-21(17,18)11-6-7-12(13(15)20)10(2)8-11/h6-8,16H,5,9H2,1-4H3,(H2,15,20). The third kappa shape index (κ3) is 5.03. The van der Waals surface area contributed by atoms with Crippen molar-refractivity contribution in [3.63, 3.8) is 0 Å². The van der Waals surface area contributed by atoms with Gasteiger partial charge in [0, 0.05) is 18.7 Å². The highest BCUT2D eigenvalue weighted by atomic mass is 32.2. The summed E-state index contributed by atoms with van der Waals surface area (Å²) in [5, 5.41) is 0. The zero-order valence-electron chi connectivity index (χ0n) is 12.8. The average Bonchev–Trinajstić information content (AvgIpc) is 2.36. The van der Waals surface area contributed by atoms with Crippen LogP contribution < -0.4 is 10.5 Å². The number of rotatable bonds is 7. The highest BCUT2D eigenvalue weighted by Gasteiger charge is 2.22. The minimum Gasteiger partial charge on any atom is -0.389 e. The summed E-state index contributed by atoms with van der Waals surface area (Å²) in [5.41, 5.74) is 6.42. The summed E-state index contributed by atoms with van der Waals surface area (Å²) in [7, 11) is -3.59. The Morgan fingerprint density at radius 2 is 2.05 bits per heavy atom. The monoisotopic (exact) mass is 330 g/mol. The van der Waals surface area contributed by atoms with Gasteiger partial charge in [0.05, 0.1) is 10.5 Å². The van der Waals surface area contributed by atoms with Crippen LogP contribution in [0.3, 0.4) is 0 Å². The number of sulfonamides is 1. The molecule has 0 aliphatic carbocycles. The second-order valence-corrected chi connectivity index (χ2v) is 7.57. The molecule has 1 rings (SSSR count). The van der Waals surface area contributed by atoms with Crippen molar-refractivity contribution in [1.29, 1.82) is 0 Å². The Labute approximate surface area is 131 Å². The van der Waals surface area contributed by atoms with Gasteiger partial charge in [-0.25, -0.2) is 13.1 Å². The Morgan fingerprint density at radius 1 is 1.43 bits per heavy atom. The first kappa shape index (κ1) is 18.0. The molecule has 0 unspecified atom stereocenters. The number of nitrogens with one attached hydrogen (secondary N) is 1. The molecule has 0 bridgehead atoms. The van der Waals surface area contributed by atoms with Gasteiger partial charge in [-0.15, -0.1) is 0 Å². The van der Waals surface area contributed by atoms with Crippen LogP contribution >= 0.6 is 12.2 Å². The van der Waals surface area contributed by atoms with Crippen LogP contribution in [0.5, 0.6) is 0 Å². The van der Waals surface area contributed by atoms with E-state index in [1.165, 1.54) is 6.07 Å². The third-order valence-corrected chi connectivity index (χ3v) is 4.62. The molecule has 21 heavy (non-hydrogen) atoms. The quantitative estimate of drug-likeness (QED) is 0.744. The molecule has 1 aromatic carbocycles. The molecule has 3 N–H and O–H groups in total. The maximum atomic E-state index is 12.3. The van der Waals surface area contributed by atoms with E-state index in [-0.39, 0.29) is 16.4 Å². The SMILES string of the molecule is CCOC(C)(C)CNS(=O)(=O)c1ccc(C(N)=S)c(C)c1. The molecule has 0 spiro atoms. The molecule has 0 aliphatic heterocycles. The molecule has 1 aromatic rings. The van der Waals surface area contributed by atoms with Crippen molar-refractivity contribution < 1.29 is 13.2 Å². The molecule has 118 valence electrons. The summed E-state index contributed by atoms with van der Waals surface area (Å²) < 4.78 is 32.6. The highest BCUT2D eigenvalue weighted by molar-refractivity contribution is 7.89.